The zero-order valence-electron chi connectivity index (χ0n) is 15.1. The van der Waals surface area contributed by atoms with Gasteiger partial charge in [-0.1, -0.05) is 0 Å². The number of benzene rings is 1. The van der Waals surface area contributed by atoms with Gasteiger partial charge in [0.05, 0.1) is 26.5 Å². The van der Waals surface area contributed by atoms with Crippen LogP contribution in [0, 0.1) is 0 Å². The first-order valence-corrected chi connectivity index (χ1v) is 9.74. The Morgan fingerprint density at radius 2 is 2.04 bits per heavy atom. The molecule has 1 amide bonds. The van der Waals surface area contributed by atoms with Gasteiger partial charge in [0.1, 0.15) is 11.5 Å². The first-order valence-electron chi connectivity index (χ1n) is 8.92. The van der Waals surface area contributed by atoms with E-state index in [1.807, 2.05) is 18.2 Å². The SMILES string of the molecule is COc1ccc(OC)c([C@@H]2CC(=O)NCc3nc(N4CCCC4)sc32)c1. The van der Waals surface area contributed by atoms with Gasteiger partial charge in [0.15, 0.2) is 5.13 Å². The van der Waals surface area contributed by atoms with Gasteiger partial charge >= 0.3 is 0 Å². The number of aromatic nitrogens is 1. The standard InChI is InChI=1S/C19H23N3O3S/c1-24-12-5-6-16(25-2)13(9-12)14-10-17(23)20-11-15-18(14)26-19(21-15)22-7-3-4-8-22/h5-6,9,14H,3-4,7-8,10-11H2,1-2H3,(H,20,23)/t14-/m0/s1. The molecule has 7 heteroatoms. The third-order valence-corrected chi connectivity index (χ3v) is 6.34. The van der Waals surface area contributed by atoms with Crippen molar-refractivity contribution in [2.45, 2.75) is 31.7 Å². The van der Waals surface area contributed by atoms with Crippen LogP contribution in [0.5, 0.6) is 11.5 Å². The quantitative estimate of drug-likeness (QED) is 0.893. The van der Waals surface area contributed by atoms with Gasteiger partial charge in [-0.05, 0) is 31.0 Å². The Balaban J connectivity index is 1.79. The van der Waals surface area contributed by atoms with Crippen LogP contribution >= 0.6 is 11.3 Å². The van der Waals surface area contributed by atoms with E-state index in [0.717, 1.165) is 45.9 Å². The lowest BCUT2D eigenvalue weighted by molar-refractivity contribution is -0.121. The molecule has 2 aliphatic rings. The summed E-state index contributed by atoms with van der Waals surface area (Å²) < 4.78 is 11.0. The second kappa shape index (κ2) is 7.15. The summed E-state index contributed by atoms with van der Waals surface area (Å²) in [6.45, 7) is 2.61. The lowest BCUT2D eigenvalue weighted by atomic mass is 9.92. The second-order valence-electron chi connectivity index (χ2n) is 6.64. The van der Waals surface area contributed by atoms with Gasteiger partial charge < -0.3 is 19.7 Å². The van der Waals surface area contributed by atoms with Crippen molar-refractivity contribution in [3.8, 4) is 11.5 Å². The molecule has 1 aromatic heterocycles. The number of anilines is 1. The molecule has 0 unspecified atom stereocenters. The summed E-state index contributed by atoms with van der Waals surface area (Å²) in [5, 5.41) is 4.05. The minimum Gasteiger partial charge on any atom is -0.497 e. The van der Waals surface area contributed by atoms with Gasteiger partial charge in [-0.15, -0.1) is 11.3 Å². The van der Waals surface area contributed by atoms with Crippen LogP contribution < -0.4 is 19.7 Å². The Morgan fingerprint density at radius 3 is 2.77 bits per heavy atom. The zero-order chi connectivity index (χ0) is 18.1. The molecule has 1 N–H and O–H groups in total. The number of methoxy groups -OCH3 is 2. The number of carbonyl (C=O) groups excluding carboxylic acids is 1. The number of thiazole rings is 1. The van der Waals surface area contributed by atoms with Crippen LogP contribution in [0.3, 0.4) is 0 Å². The van der Waals surface area contributed by atoms with Crippen LogP contribution in [-0.4, -0.2) is 38.2 Å². The molecule has 1 aromatic carbocycles. The van der Waals surface area contributed by atoms with Crippen molar-refractivity contribution in [2.75, 3.05) is 32.2 Å². The molecule has 0 aliphatic carbocycles. The summed E-state index contributed by atoms with van der Waals surface area (Å²) in [4.78, 5) is 20.7. The van der Waals surface area contributed by atoms with E-state index >= 15 is 0 Å². The summed E-state index contributed by atoms with van der Waals surface area (Å²) in [5.41, 5.74) is 1.94. The fourth-order valence-corrected chi connectivity index (χ4v) is 4.94. The van der Waals surface area contributed by atoms with E-state index in [4.69, 9.17) is 14.5 Å². The van der Waals surface area contributed by atoms with E-state index in [-0.39, 0.29) is 11.8 Å². The Morgan fingerprint density at radius 1 is 1.23 bits per heavy atom. The zero-order valence-corrected chi connectivity index (χ0v) is 15.9. The first kappa shape index (κ1) is 17.1. The van der Waals surface area contributed by atoms with Crippen LogP contribution in [0.2, 0.25) is 0 Å². The molecule has 26 heavy (non-hydrogen) atoms. The Labute approximate surface area is 157 Å². The van der Waals surface area contributed by atoms with Gasteiger partial charge in [0.2, 0.25) is 5.91 Å². The van der Waals surface area contributed by atoms with E-state index in [2.05, 4.69) is 10.2 Å². The Bertz CT molecular complexity index is 814. The van der Waals surface area contributed by atoms with E-state index < -0.39 is 0 Å². The molecule has 1 fully saturated rings. The summed E-state index contributed by atoms with van der Waals surface area (Å²) in [7, 11) is 3.31. The third-order valence-electron chi connectivity index (χ3n) is 5.06. The molecule has 1 atom stereocenters. The topological polar surface area (TPSA) is 63.7 Å². The van der Waals surface area contributed by atoms with E-state index in [1.54, 1.807) is 25.6 Å². The normalized spacial score (nSPS) is 19.7. The molecule has 138 valence electrons. The number of fused-ring (bicyclic) bond motifs is 1. The summed E-state index contributed by atoms with van der Waals surface area (Å²) in [6, 6.07) is 5.75. The van der Waals surface area contributed by atoms with Crippen LogP contribution in [0.1, 0.15) is 41.3 Å². The maximum Gasteiger partial charge on any atom is 0.221 e. The Kier molecular flexibility index (Phi) is 4.72. The number of hydrogen-bond donors (Lipinski definition) is 1. The molecule has 0 spiro atoms. The smallest absolute Gasteiger partial charge is 0.221 e. The minimum absolute atomic E-state index is 0.0350. The van der Waals surface area contributed by atoms with Crippen molar-refractivity contribution in [2.24, 2.45) is 0 Å². The monoisotopic (exact) mass is 373 g/mol. The van der Waals surface area contributed by atoms with Crippen LogP contribution in [0.25, 0.3) is 0 Å². The number of amides is 1. The van der Waals surface area contributed by atoms with Crippen molar-refractivity contribution >= 4 is 22.4 Å². The average molecular weight is 373 g/mol. The minimum atomic E-state index is -0.0774. The lowest BCUT2D eigenvalue weighted by Crippen LogP contribution is -2.22. The summed E-state index contributed by atoms with van der Waals surface area (Å²) in [5.74, 6) is 1.49. The fourth-order valence-electron chi connectivity index (χ4n) is 3.69. The predicted molar refractivity (Wildman–Crippen MR) is 101 cm³/mol. The molecule has 1 saturated heterocycles. The van der Waals surface area contributed by atoms with E-state index in [0.29, 0.717) is 13.0 Å². The van der Waals surface area contributed by atoms with Crippen LogP contribution in [0.15, 0.2) is 18.2 Å². The molecule has 0 saturated carbocycles. The lowest BCUT2D eigenvalue weighted by Gasteiger charge is -2.18. The number of ether oxygens (including phenoxy) is 2. The molecule has 2 aliphatic heterocycles. The van der Waals surface area contributed by atoms with E-state index in [1.165, 1.54) is 12.8 Å². The van der Waals surface area contributed by atoms with Gasteiger partial charge in [0.25, 0.3) is 0 Å². The van der Waals surface area contributed by atoms with Crippen molar-refractivity contribution in [1.29, 1.82) is 0 Å². The van der Waals surface area contributed by atoms with Crippen molar-refractivity contribution in [3.63, 3.8) is 0 Å². The first-order chi connectivity index (χ1) is 12.7. The van der Waals surface area contributed by atoms with Crippen LogP contribution in [0.4, 0.5) is 5.13 Å². The number of rotatable bonds is 4. The molecule has 4 rings (SSSR count). The highest BCUT2D eigenvalue weighted by molar-refractivity contribution is 7.15. The summed E-state index contributed by atoms with van der Waals surface area (Å²) >= 11 is 1.71. The molecule has 0 radical (unpaired) electrons. The fraction of sp³-hybridized carbons (Fsp3) is 0.474. The predicted octanol–water partition coefficient (Wildman–Crippen LogP) is 2.91. The largest absolute Gasteiger partial charge is 0.497 e. The second-order valence-corrected chi connectivity index (χ2v) is 7.65. The molecule has 3 heterocycles. The van der Waals surface area contributed by atoms with Gasteiger partial charge in [-0.25, -0.2) is 4.98 Å². The van der Waals surface area contributed by atoms with Crippen LogP contribution in [-0.2, 0) is 11.3 Å². The highest BCUT2D eigenvalue weighted by Gasteiger charge is 2.31. The molecular formula is C19H23N3O3S. The summed E-state index contributed by atoms with van der Waals surface area (Å²) in [6.07, 6.45) is 2.82. The molecule has 2 aromatic rings. The highest BCUT2D eigenvalue weighted by atomic mass is 32.1. The van der Waals surface area contributed by atoms with Crippen molar-refractivity contribution in [3.05, 3.63) is 34.3 Å². The van der Waals surface area contributed by atoms with E-state index in [9.17, 15) is 4.79 Å². The Hall–Kier alpha value is -2.28. The number of carbonyl (C=O) groups is 1. The highest BCUT2D eigenvalue weighted by Crippen LogP contribution is 2.43. The number of hydrogen-bond acceptors (Lipinski definition) is 6. The number of nitrogens with one attached hydrogen (secondary N) is 1. The number of nitrogens with zero attached hydrogens (tertiary/aromatic N) is 2. The molecule has 0 bridgehead atoms. The maximum absolute atomic E-state index is 12.3. The van der Waals surface area contributed by atoms with Gasteiger partial charge in [0, 0.05) is 35.9 Å². The maximum atomic E-state index is 12.3. The van der Waals surface area contributed by atoms with Crippen molar-refractivity contribution < 1.29 is 14.3 Å². The average Bonchev–Trinajstić information content (AvgIpc) is 3.31. The molecule has 6 nitrogen and oxygen atoms in total. The third kappa shape index (κ3) is 3.11. The molecular weight excluding hydrogens is 350 g/mol. The van der Waals surface area contributed by atoms with Gasteiger partial charge in [-0.2, -0.15) is 0 Å². The van der Waals surface area contributed by atoms with Crippen molar-refractivity contribution in [1.82, 2.24) is 10.3 Å². The van der Waals surface area contributed by atoms with Gasteiger partial charge in [-0.3, -0.25) is 4.79 Å².